The van der Waals surface area contributed by atoms with Crippen LogP contribution in [0.1, 0.15) is 5.82 Å². The minimum absolute atomic E-state index is 0.139. The van der Waals surface area contributed by atoms with Crippen LogP contribution in [0.4, 0.5) is 0 Å². The number of rotatable bonds is 4. The van der Waals surface area contributed by atoms with E-state index in [9.17, 15) is 4.79 Å². The third kappa shape index (κ3) is 3.45. The fourth-order valence-electron chi connectivity index (χ4n) is 2.11. The number of nitrogens with one attached hydrogen (secondary N) is 3. The van der Waals surface area contributed by atoms with Crippen molar-refractivity contribution in [2.24, 2.45) is 0 Å². The molecule has 7 nitrogen and oxygen atoms in total. The van der Waals surface area contributed by atoms with Crippen LogP contribution in [-0.2, 0) is 16.1 Å². The minimum Gasteiger partial charge on any atom is -0.366 e. The molecule has 1 saturated heterocycles. The van der Waals surface area contributed by atoms with Crippen molar-refractivity contribution in [3.05, 3.63) is 36.2 Å². The van der Waals surface area contributed by atoms with Gasteiger partial charge in [-0.2, -0.15) is 5.10 Å². The van der Waals surface area contributed by atoms with Crippen molar-refractivity contribution in [1.82, 2.24) is 25.8 Å². The van der Waals surface area contributed by atoms with E-state index >= 15 is 0 Å². The van der Waals surface area contributed by atoms with Crippen LogP contribution in [0, 0.1) is 0 Å². The number of nitrogens with zero attached hydrogens (tertiary/aromatic N) is 2. The summed E-state index contributed by atoms with van der Waals surface area (Å²) in [5, 5.41) is 12.9. The normalized spacial score (nSPS) is 18.4. The molecule has 1 aromatic carbocycles. The number of carbonyl (C=O) groups is 1. The molecule has 0 aliphatic carbocycles. The summed E-state index contributed by atoms with van der Waals surface area (Å²) in [6.07, 6.45) is -0.435. The first kappa shape index (κ1) is 13.7. The molecule has 2 aromatic rings. The fourth-order valence-corrected chi connectivity index (χ4v) is 2.11. The van der Waals surface area contributed by atoms with Gasteiger partial charge in [-0.1, -0.05) is 30.3 Å². The summed E-state index contributed by atoms with van der Waals surface area (Å²) in [7, 11) is 0. The van der Waals surface area contributed by atoms with Crippen molar-refractivity contribution in [3.8, 4) is 11.4 Å². The Balaban J connectivity index is 1.56. The number of H-pyrrole nitrogens is 1. The summed E-state index contributed by atoms with van der Waals surface area (Å²) >= 11 is 0. The second kappa shape index (κ2) is 6.47. The van der Waals surface area contributed by atoms with Crippen LogP contribution >= 0.6 is 0 Å². The topological polar surface area (TPSA) is 91.9 Å². The van der Waals surface area contributed by atoms with E-state index < -0.39 is 6.10 Å². The molecule has 0 bridgehead atoms. The van der Waals surface area contributed by atoms with Gasteiger partial charge in [-0.25, -0.2) is 4.98 Å². The van der Waals surface area contributed by atoms with Gasteiger partial charge in [0.25, 0.3) is 5.91 Å². The lowest BCUT2D eigenvalue weighted by Crippen LogP contribution is -2.47. The first-order chi connectivity index (χ1) is 10.3. The highest BCUT2D eigenvalue weighted by Gasteiger charge is 2.21. The van der Waals surface area contributed by atoms with Crippen LogP contribution in [0.15, 0.2) is 30.3 Å². The monoisotopic (exact) mass is 287 g/mol. The number of hydrogen-bond donors (Lipinski definition) is 3. The predicted molar refractivity (Wildman–Crippen MR) is 76.3 cm³/mol. The zero-order chi connectivity index (χ0) is 14.5. The van der Waals surface area contributed by atoms with E-state index in [0.717, 1.165) is 12.1 Å². The number of amides is 1. The van der Waals surface area contributed by atoms with Gasteiger partial charge >= 0.3 is 0 Å². The smallest absolute Gasteiger partial charge is 0.250 e. The maximum Gasteiger partial charge on any atom is 0.250 e. The molecule has 21 heavy (non-hydrogen) atoms. The molecule has 1 aliphatic heterocycles. The molecule has 7 heteroatoms. The summed E-state index contributed by atoms with van der Waals surface area (Å²) in [5.74, 6) is 1.10. The molecule has 1 aliphatic rings. The fraction of sp³-hybridized carbons (Fsp3) is 0.357. The minimum atomic E-state index is -0.435. The number of morpholine rings is 1. The Morgan fingerprint density at radius 1 is 1.38 bits per heavy atom. The van der Waals surface area contributed by atoms with E-state index in [1.807, 2.05) is 30.3 Å². The van der Waals surface area contributed by atoms with Crippen LogP contribution in [0.25, 0.3) is 11.4 Å². The number of aromatic nitrogens is 3. The van der Waals surface area contributed by atoms with Crippen molar-refractivity contribution < 1.29 is 9.53 Å². The lowest BCUT2D eigenvalue weighted by molar-refractivity contribution is -0.134. The molecule has 3 N–H and O–H groups in total. The molecular formula is C14H17N5O2. The van der Waals surface area contributed by atoms with Gasteiger partial charge in [0.05, 0.1) is 13.2 Å². The average Bonchev–Trinajstić information content (AvgIpc) is 3.03. The Hall–Kier alpha value is -2.25. The van der Waals surface area contributed by atoms with Gasteiger partial charge in [-0.3, -0.25) is 9.89 Å². The van der Waals surface area contributed by atoms with Gasteiger partial charge in [0.15, 0.2) is 5.82 Å². The van der Waals surface area contributed by atoms with Gasteiger partial charge in [0.2, 0.25) is 0 Å². The summed E-state index contributed by atoms with van der Waals surface area (Å²) < 4.78 is 5.38. The number of hydrogen-bond acceptors (Lipinski definition) is 5. The Labute approximate surface area is 122 Å². The molecule has 0 spiro atoms. The first-order valence-electron chi connectivity index (χ1n) is 6.89. The van der Waals surface area contributed by atoms with Gasteiger partial charge in [0, 0.05) is 18.7 Å². The lowest BCUT2D eigenvalue weighted by Gasteiger charge is -2.22. The van der Waals surface area contributed by atoms with E-state index in [1.165, 1.54) is 0 Å². The number of ether oxygens (including phenoxy) is 1. The molecule has 110 valence electrons. The summed E-state index contributed by atoms with van der Waals surface area (Å²) in [6.45, 7) is 2.18. The number of aromatic amines is 1. The molecule has 1 atom stereocenters. The van der Waals surface area contributed by atoms with Crippen LogP contribution in [0.5, 0.6) is 0 Å². The SMILES string of the molecule is O=C(NCc1nc(-c2ccccc2)n[nH]1)[C@@H]1CNCCO1. The molecular weight excluding hydrogens is 270 g/mol. The van der Waals surface area contributed by atoms with Gasteiger partial charge in [-0.15, -0.1) is 0 Å². The van der Waals surface area contributed by atoms with Crippen molar-refractivity contribution in [1.29, 1.82) is 0 Å². The molecule has 1 fully saturated rings. The van der Waals surface area contributed by atoms with E-state index in [4.69, 9.17) is 4.74 Å². The average molecular weight is 287 g/mol. The maximum absolute atomic E-state index is 11.9. The molecule has 2 heterocycles. The predicted octanol–water partition coefficient (Wildman–Crippen LogP) is 0.0763. The van der Waals surface area contributed by atoms with Crippen molar-refractivity contribution >= 4 is 5.91 Å². The highest BCUT2D eigenvalue weighted by Crippen LogP contribution is 2.13. The molecule has 0 saturated carbocycles. The van der Waals surface area contributed by atoms with Crippen LogP contribution in [-0.4, -0.2) is 46.9 Å². The molecule has 0 radical (unpaired) electrons. The van der Waals surface area contributed by atoms with Crippen LogP contribution in [0.2, 0.25) is 0 Å². The van der Waals surface area contributed by atoms with Gasteiger partial charge in [-0.05, 0) is 0 Å². The molecule has 1 aromatic heterocycles. The zero-order valence-corrected chi connectivity index (χ0v) is 11.5. The van der Waals surface area contributed by atoms with E-state index in [0.29, 0.717) is 31.3 Å². The second-order valence-electron chi connectivity index (χ2n) is 4.75. The zero-order valence-electron chi connectivity index (χ0n) is 11.5. The quantitative estimate of drug-likeness (QED) is 0.740. The molecule has 1 amide bonds. The van der Waals surface area contributed by atoms with E-state index in [1.54, 1.807) is 0 Å². The second-order valence-corrected chi connectivity index (χ2v) is 4.75. The largest absolute Gasteiger partial charge is 0.366 e. The third-order valence-corrected chi connectivity index (χ3v) is 3.21. The van der Waals surface area contributed by atoms with E-state index in [-0.39, 0.29) is 5.91 Å². The van der Waals surface area contributed by atoms with Gasteiger partial charge in [0.1, 0.15) is 11.9 Å². The maximum atomic E-state index is 11.9. The highest BCUT2D eigenvalue weighted by molar-refractivity contribution is 5.81. The standard InChI is InChI=1S/C14H17N5O2/c20-14(11-8-15-6-7-21-11)16-9-12-17-13(19-18-12)10-4-2-1-3-5-10/h1-5,11,15H,6-9H2,(H,16,20)(H,17,18,19)/t11-/m0/s1. The third-order valence-electron chi connectivity index (χ3n) is 3.21. The summed E-state index contributed by atoms with van der Waals surface area (Å²) in [6, 6.07) is 9.68. The Morgan fingerprint density at radius 3 is 3.00 bits per heavy atom. The summed E-state index contributed by atoms with van der Waals surface area (Å²) in [4.78, 5) is 16.3. The van der Waals surface area contributed by atoms with Crippen molar-refractivity contribution in [2.75, 3.05) is 19.7 Å². The van der Waals surface area contributed by atoms with Crippen molar-refractivity contribution in [3.63, 3.8) is 0 Å². The van der Waals surface area contributed by atoms with Crippen LogP contribution in [0.3, 0.4) is 0 Å². The molecule has 3 rings (SSSR count). The van der Waals surface area contributed by atoms with Crippen LogP contribution < -0.4 is 10.6 Å². The summed E-state index contributed by atoms with van der Waals surface area (Å²) in [5.41, 5.74) is 0.936. The van der Waals surface area contributed by atoms with E-state index in [2.05, 4.69) is 25.8 Å². The Morgan fingerprint density at radius 2 is 2.24 bits per heavy atom. The first-order valence-corrected chi connectivity index (χ1v) is 6.89. The number of benzene rings is 1. The lowest BCUT2D eigenvalue weighted by atomic mass is 10.2. The Bertz CT molecular complexity index is 592. The van der Waals surface area contributed by atoms with Crippen molar-refractivity contribution in [2.45, 2.75) is 12.6 Å². The number of carbonyl (C=O) groups excluding carboxylic acids is 1. The Kier molecular flexibility index (Phi) is 4.23. The molecule has 0 unspecified atom stereocenters. The van der Waals surface area contributed by atoms with Gasteiger partial charge < -0.3 is 15.4 Å². The highest BCUT2D eigenvalue weighted by atomic mass is 16.5.